The van der Waals surface area contributed by atoms with E-state index in [9.17, 15) is 0 Å². The Labute approximate surface area is 77.3 Å². The highest BCUT2D eigenvalue weighted by Gasteiger charge is 2.24. The van der Waals surface area contributed by atoms with Crippen LogP contribution in [0.4, 0.5) is 0 Å². The van der Waals surface area contributed by atoms with Gasteiger partial charge in [0, 0.05) is 24.1 Å². The molecule has 0 N–H and O–H groups in total. The molecule has 0 radical (unpaired) electrons. The standard InChI is InChI=1S/C8H16IN/c1-7-5-10(4-3-9)6-8(7)2/h7-8H,3-6H2,1-2H3/t7-,8+. The summed E-state index contributed by atoms with van der Waals surface area (Å²) in [5.74, 6) is 1.84. The minimum absolute atomic E-state index is 0.919. The fraction of sp³-hybridized carbons (Fsp3) is 1.00. The van der Waals surface area contributed by atoms with Gasteiger partial charge in [-0.05, 0) is 11.8 Å². The van der Waals surface area contributed by atoms with E-state index in [2.05, 4.69) is 41.3 Å². The average Bonchev–Trinajstić information content (AvgIpc) is 2.14. The summed E-state index contributed by atoms with van der Waals surface area (Å²) < 4.78 is 1.27. The van der Waals surface area contributed by atoms with E-state index in [0.29, 0.717) is 0 Å². The second kappa shape index (κ2) is 3.90. The molecule has 60 valence electrons. The number of alkyl halides is 1. The van der Waals surface area contributed by atoms with E-state index in [1.54, 1.807) is 0 Å². The van der Waals surface area contributed by atoms with Gasteiger partial charge in [0.1, 0.15) is 0 Å². The zero-order valence-electron chi connectivity index (χ0n) is 6.81. The van der Waals surface area contributed by atoms with Gasteiger partial charge in [0.05, 0.1) is 0 Å². The summed E-state index contributed by atoms with van der Waals surface area (Å²) >= 11 is 2.45. The van der Waals surface area contributed by atoms with E-state index in [1.807, 2.05) is 0 Å². The van der Waals surface area contributed by atoms with E-state index in [0.717, 1.165) is 11.8 Å². The lowest BCUT2D eigenvalue weighted by molar-refractivity contribution is 0.347. The lowest BCUT2D eigenvalue weighted by atomic mass is 10.0. The Morgan fingerprint density at radius 2 is 1.80 bits per heavy atom. The molecule has 2 heteroatoms. The average molecular weight is 253 g/mol. The number of hydrogen-bond donors (Lipinski definition) is 0. The van der Waals surface area contributed by atoms with Crippen molar-refractivity contribution in [3.63, 3.8) is 0 Å². The molecular weight excluding hydrogens is 237 g/mol. The summed E-state index contributed by atoms with van der Waals surface area (Å²) in [5.41, 5.74) is 0. The van der Waals surface area contributed by atoms with Crippen molar-refractivity contribution in [2.24, 2.45) is 11.8 Å². The van der Waals surface area contributed by atoms with Crippen LogP contribution in [0.25, 0.3) is 0 Å². The van der Waals surface area contributed by atoms with Crippen LogP contribution in [0, 0.1) is 11.8 Å². The van der Waals surface area contributed by atoms with Gasteiger partial charge >= 0.3 is 0 Å². The van der Waals surface area contributed by atoms with E-state index >= 15 is 0 Å². The van der Waals surface area contributed by atoms with E-state index in [-0.39, 0.29) is 0 Å². The van der Waals surface area contributed by atoms with Gasteiger partial charge in [-0.3, -0.25) is 0 Å². The third kappa shape index (κ3) is 2.09. The number of nitrogens with zero attached hydrogens (tertiary/aromatic N) is 1. The highest BCUT2D eigenvalue weighted by Crippen LogP contribution is 2.21. The Balaban J connectivity index is 2.27. The lowest BCUT2D eigenvalue weighted by Gasteiger charge is -2.12. The highest BCUT2D eigenvalue weighted by atomic mass is 127. The van der Waals surface area contributed by atoms with Gasteiger partial charge in [0.2, 0.25) is 0 Å². The van der Waals surface area contributed by atoms with Crippen LogP contribution in [0.3, 0.4) is 0 Å². The van der Waals surface area contributed by atoms with Gasteiger partial charge < -0.3 is 4.90 Å². The minimum atomic E-state index is 0.919. The van der Waals surface area contributed by atoms with Crippen LogP contribution in [0.2, 0.25) is 0 Å². The second-order valence-corrected chi connectivity index (χ2v) is 4.48. The first-order valence-electron chi connectivity index (χ1n) is 4.02. The first-order chi connectivity index (χ1) is 4.74. The molecule has 0 aliphatic carbocycles. The fourth-order valence-corrected chi connectivity index (χ4v) is 2.23. The first kappa shape index (κ1) is 8.78. The quantitative estimate of drug-likeness (QED) is 0.537. The molecule has 1 aliphatic heterocycles. The van der Waals surface area contributed by atoms with E-state index < -0.39 is 0 Å². The van der Waals surface area contributed by atoms with Gasteiger partial charge in [0.25, 0.3) is 0 Å². The molecule has 0 aromatic heterocycles. The van der Waals surface area contributed by atoms with Gasteiger partial charge in [0.15, 0.2) is 0 Å². The molecular formula is C8H16IN. The number of rotatable bonds is 2. The van der Waals surface area contributed by atoms with E-state index in [1.165, 1.54) is 24.1 Å². The predicted octanol–water partition coefficient (Wildman–Crippen LogP) is 2.01. The molecule has 0 saturated carbocycles. The summed E-state index contributed by atoms with van der Waals surface area (Å²) in [7, 11) is 0. The number of halogens is 1. The second-order valence-electron chi connectivity index (χ2n) is 3.40. The molecule has 2 atom stereocenters. The Morgan fingerprint density at radius 1 is 1.30 bits per heavy atom. The van der Waals surface area contributed by atoms with Gasteiger partial charge in [-0.1, -0.05) is 36.4 Å². The van der Waals surface area contributed by atoms with Crippen LogP contribution in [0.15, 0.2) is 0 Å². The largest absolute Gasteiger partial charge is 0.302 e. The topological polar surface area (TPSA) is 3.24 Å². The predicted molar refractivity (Wildman–Crippen MR) is 53.7 cm³/mol. The molecule has 1 heterocycles. The van der Waals surface area contributed by atoms with Crippen LogP contribution < -0.4 is 0 Å². The Hall–Kier alpha value is 0.690. The molecule has 0 aromatic rings. The van der Waals surface area contributed by atoms with Crippen LogP contribution in [0.5, 0.6) is 0 Å². The first-order valence-corrected chi connectivity index (χ1v) is 5.55. The van der Waals surface area contributed by atoms with Crippen LogP contribution in [-0.2, 0) is 0 Å². The smallest absolute Gasteiger partial charge is 0.0123 e. The third-order valence-corrected chi connectivity index (χ3v) is 2.95. The lowest BCUT2D eigenvalue weighted by Crippen LogP contribution is -2.22. The molecule has 1 rings (SSSR count). The maximum absolute atomic E-state index is 2.57. The SMILES string of the molecule is C[C@@H]1CN(CCI)C[C@@H]1C. The van der Waals surface area contributed by atoms with Crippen molar-refractivity contribution in [2.45, 2.75) is 13.8 Å². The van der Waals surface area contributed by atoms with Crippen LogP contribution in [0.1, 0.15) is 13.8 Å². The molecule has 0 bridgehead atoms. The number of hydrogen-bond acceptors (Lipinski definition) is 1. The normalized spacial score (nSPS) is 35.1. The molecule has 1 aliphatic rings. The molecule has 10 heavy (non-hydrogen) atoms. The molecule has 1 saturated heterocycles. The molecule has 0 amide bonds. The van der Waals surface area contributed by atoms with Crippen LogP contribution in [-0.4, -0.2) is 29.0 Å². The van der Waals surface area contributed by atoms with Crippen LogP contribution >= 0.6 is 22.6 Å². The molecule has 0 spiro atoms. The fourth-order valence-electron chi connectivity index (χ4n) is 1.55. The van der Waals surface area contributed by atoms with Crippen molar-refractivity contribution in [1.82, 2.24) is 4.90 Å². The molecule has 0 aromatic carbocycles. The Bertz CT molecular complexity index is 95.4. The summed E-state index contributed by atoms with van der Waals surface area (Å²) in [6, 6.07) is 0. The zero-order valence-corrected chi connectivity index (χ0v) is 8.97. The third-order valence-electron chi connectivity index (χ3n) is 2.46. The summed E-state index contributed by atoms with van der Waals surface area (Å²) in [4.78, 5) is 2.57. The monoisotopic (exact) mass is 253 g/mol. The summed E-state index contributed by atoms with van der Waals surface area (Å²) in [6.45, 7) is 8.65. The van der Waals surface area contributed by atoms with E-state index in [4.69, 9.17) is 0 Å². The maximum atomic E-state index is 2.57. The highest BCUT2D eigenvalue weighted by molar-refractivity contribution is 14.1. The van der Waals surface area contributed by atoms with Crippen molar-refractivity contribution in [3.8, 4) is 0 Å². The molecule has 0 unspecified atom stereocenters. The summed E-state index contributed by atoms with van der Waals surface area (Å²) in [5, 5.41) is 0. The maximum Gasteiger partial charge on any atom is 0.0123 e. The van der Waals surface area contributed by atoms with Gasteiger partial charge in [-0.2, -0.15) is 0 Å². The molecule has 1 fully saturated rings. The zero-order chi connectivity index (χ0) is 7.56. The Kier molecular flexibility index (Phi) is 3.43. The van der Waals surface area contributed by atoms with Gasteiger partial charge in [-0.25, -0.2) is 0 Å². The Morgan fingerprint density at radius 3 is 2.20 bits per heavy atom. The molecule has 1 nitrogen and oxygen atoms in total. The van der Waals surface area contributed by atoms with Crippen molar-refractivity contribution < 1.29 is 0 Å². The van der Waals surface area contributed by atoms with Crippen molar-refractivity contribution in [2.75, 3.05) is 24.1 Å². The van der Waals surface area contributed by atoms with Crippen molar-refractivity contribution >= 4 is 22.6 Å². The number of likely N-dealkylation sites (tertiary alicyclic amines) is 1. The van der Waals surface area contributed by atoms with Crippen molar-refractivity contribution in [1.29, 1.82) is 0 Å². The minimum Gasteiger partial charge on any atom is -0.302 e. The summed E-state index contributed by atoms with van der Waals surface area (Å²) in [6.07, 6.45) is 0. The van der Waals surface area contributed by atoms with Gasteiger partial charge in [-0.15, -0.1) is 0 Å². The van der Waals surface area contributed by atoms with Crippen molar-refractivity contribution in [3.05, 3.63) is 0 Å².